The first-order chi connectivity index (χ1) is 20.4. The molecule has 1 amide bonds. The van der Waals surface area contributed by atoms with Gasteiger partial charge in [0.1, 0.15) is 17.4 Å². The second-order valence-corrected chi connectivity index (χ2v) is 9.44. The minimum absolute atomic E-state index is 0.0379. The molecule has 17 heteroatoms. The van der Waals surface area contributed by atoms with Crippen LogP contribution in [0.4, 0.5) is 5.82 Å². The third kappa shape index (κ3) is 12.3. The van der Waals surface area contributed by atoms with Crippen molar-refractivity contribution in [2.45, 2.75) is 47.0 Å². The standard InChI is InChI=1S/C12H17N4OS.C8H11NO3.C6H6N2O.NO3/c1-8-11(3-4-17)18-7-16(8)6-10-5-14-9(2)15-12(10)13;1-5-8(12)7(4-11)6(3-10)2-9-5;7-6(9)5-2-1-3-8-4-5;2-1(3)4/h5,7,17H,3-4,6H2,1-2H3,(H2,13,14,15);2,10-12H,3-4H2,1H3;1-4H,(H2,7,9);/q+1;;;-1. The number of nitrogen functional groups attached to an aromatic ring is 1. The largest absolute Gasteiger partial charge is 0.506 e. The Balaban J connectivity index is 0.000000320. The second-order valence-electron chi connectivity index (χ2n) is 8.50. The summed E-state index contributed by atoms with van der Waals surface area (Å²) in [6.45, 7) is 5.84. The van der Waals surface area contributed by atoms with Crippen molar-refractivity contribution >= 4 is 23.1 Å². The molecule has 4 rings (SSSR count). The van der Waals surface area contributed by atoms with Crippen molar-refractivity contribution in [3.8, 4) is 5.75 Å². The minimum Gasteiger partial charge on any atom is -0.506 e. The molecule has 4 aromatic heterocycles. The van der Waals surface area contributed by atoms with Crippen LogP contribution in [0.1, 0.15) is 49.1 Å². The number of aryl methyl sites for hydroxylation is 2. The van der Waals surface area contributed by atoms with Gasteiger partial charge in [-0.05, 0) is 26.0 Å². The van der Waals surface area contributed by atoms with Gasteiger partial charge < -0.3 is 47.2 Å². The molecule has 0 radical (unpaired) electrons. The molecule has 232 valence electrons. The van der Waals surface area contributed by atoms with Crippen LogP contribution >= 0.6 is 11.3 Å². The van der Waals surface area contributed by atoms with E-state index in [2.05, 4.69) is 24.5 Å². The monoisotopic (exact) mass is 618 g/mol. The number of pyridine rings is 2. The molecule has 0 aliphatic carbocycles. The van der Waals surface area contributed by atoms with Crippen LogP contribution < -0.4 is 16.0 Å². The molecular formula is C26H34N8O8S. The van der Waals surface area contributed by atoms with Crippen molar-refractivity contribution in [2.24, 2.45) is 5.73 Å². The highest BCUT2D eigenvalue weighted by molar-refractivity contribution is 7.09. The lowest BCUT2D eigenvalue weighted by Gasteiger charge is -2.07. The highest BCUT2D eigenvalue weighted by Gasteiger charge is 2.17. The molecule has 0 fully saturated rings. The Labute approximate surface area is 250 Å². The maximum Gasteiger partial charge on any atom is 0.250 e. The molecule has 0 saturated carbocycles. The Morgan fingerprint density at radius 3 is 2.21 bits per heavy atom. The third-order valence-electron chi connectivity index (χ3n) is 5.56. The lowest BCUT2D eigenvalue weighted by Crippen LogP contribution is -2.35. The summed E-state index contributed by atoms with van der Waals surface area (Å²) < 4.78 is 2.11. The molecule has 4 heterocycles. The Morgan fingerprint density at radius 1 is 1.07 bits per heavy atom. The lowest BCUT2D eigenvalue weighted by atomic mass is 10.1. The number of aliphatic hydroxyl groups excluding tert-OH is 3. The van der Waals surface area contributed by atoms with Gasteiger partial charge in [-0.2, -0.15) is 4.57 Å². The summed E-state index contributed by atoms with van der Waals surface area (Å²) >= 11 is 1.65. The summed E-state index contributed by atoms with van der Waals surface area (Å²) in [6.07, 6.45) is 6.94. The van der Waals surface area contributed by atoms with Crippen LogP contribution in [-0.4, -0.2) is 58.0 Å². The molecule has 8 N–H and O–H groups in total. The van der Waals surface area contributed by atoms with Crippen molar-refractivity contribution < 1.29 is 34.9 Å². The van der Waals surface area contributed by atoms with Crippen molar-refractivity contribution in [3.63, 3.8) is 0 Å². The molecule has 0 bridgehead atoms. The van der Waals surface area contributed by atoms with Crippen LogP contribution in [0.15, 0.2) is 42.4 Å². The average Bonchev–Trinajstić information content (AvgIpc) is 3.31. The molecule has 16 nitrogen and oxygen atoms in total. The first-order valence-electron chi connectivity index (χ1n) is 12.4. The van der Waals surface area contributed by atoms with E-state index in [1.54, 1.807) is 42.8 Å². The van der Waals surface area contributed by atoms with Gasteiger partial charge in [-0.25, -0.2) is 9.97 Å². The number of aromatic hydroxyl groups is 1. The number of primary amides is 1. The molecule has 0 saturated heterocycles. The summed E-state index contributed by atoms with van der Waals surface area (Å²) in [4.78, 5) is 35.7. The highest BCUT2D eigenvalue weighted by Crippen LogP contribution is 2.23. The Hall–Kier alpha value is -4.84. The van der Waals surface area contributed by atoms with Gasteiger partial charge in [0, 0.05) is 55.9 Å². The van der Waals surface area contributed by atoms with Gasteiger partial charge in [0.25, 0.3) is 0 Å². The number of thiazole rings is 1. The Bertz CT molecular complexity index is 1470. The normalized spacial score (nSPS) is 9.81. The molecule has 0 unspecified atom stereocenters. The van der Waals surface area contributed by atoms with Crippen molar-refractivity contribution in [1.29, 1.82) is 0 Å². The van der Waals surface area contributed by atoms with Gasteiger partial charge in [0.2, 0.25) is 11.4 Å². The van der Waals surface area contributed by atoms with E-state index in [9.17, 15) is 9.90 Å². The SMILES string of the molecule is Cc1ncc(CO)c(CO)c1O.Cc1ncc(C[n+]2csc(CCO)c2C)c(N)n1.NC(=O)c1cccnc1.O=[N+]([O-])[O-]. The molecule has 0 aromatic carbocycles. The molecule has 0 spiro atoms. The number of hydrogen-bond acceptors (Lipinski definition) is 14. The number of rotatable bonds is 7. The topological polar surface area (TPSA) is 272 Å². The zero-order valence-corrected chi connectivity index (χ0v) is 24.6. The van der Waals surface area contributed by atoms with E-state index < -0.39 is 11.0 Å². The van der Waals surface area contributed by atoms with Gasteiger partial charge in [-0.3, -0.25) is 14.8 Å². The van der Waals surface area contributed by atoms with Crippen LogP contribution in [-0.2, 0) is 26.2 Å². The van der Waals surface area contributed by atoms with E-state index in [0.29, 0.717) is 47.0 Å². The van der Waals surface area contributed by atoms with Crippen molar-refractivity contribution in [1.82, 2.24) is 19.9 Å². The molecule has 4 aromatic rings. The van der Waals surface area contributed by atoms with Crippen LogP contribution in [0.3, 0.4) is 0 Å². The number of aromatic nitrogens is 5. The zero-order chi connectivity index (χ0) is 32.5. The summed E-state index contributed by atoms with van der Waals surface area (Å²) in [6, 6.07) is 3.29. The van der Waals surface area contributed by atoms with E-state index >= 15 is 0 Å². The van der Waals surface area contributed by atoms with Gasteiger partial charge in [-0.15, -0.1) is 0 Å². The maximum atomic E-state index is 10.4. The number of nitrogens with zero attached hydrogens (tertiary/aromatic N) is 6. The fourth-order valence-electron chi connectivity index (χ4n) is 3.27. The first-order valence-corrected chi connectivity index (χ1v) is 13.3. The quantitative estimate of drug-likeness (QED) is 0.0943. The van der Waals surface area contributed by atoms with Crippen molar-refractivity contribution in [3.05, 3.63) is 102 Å². The van der Waals surface area contributed by atoms with E-state index in [-0.39, 0.29) is 25.6 Å². The zero-order valence-electron chi connectivity index (χ0n) is 23.7. The van der Waals surface area contributed by atoms with Crippen LogP contribution in [0, 0.1) is 36.1 Å². The second kappa shape index (κ2) is 18.6. The third-order valence-corrected chi connectivity index (χ3v) is 6.70. The Kier molecular flexibility index (Phi) is 15.6. The van der Waals surface area contributed by atoms with Crippen LogP contribution in [0.5, 0.6) is 5.75 Å². The number of aliphatic hydroxyl groups is 3. The van der Waals surface area contributed by atoms with E-state index in [0.717, 1.165) is 11.3 Å². The highest BCUT2D eigenvalue weighted by atomic mass is 32.1. The number of nitrogens with two attached hydrogens (primary N) is 2. The van der Waals surface area contributed by atoms with Crippen LogP contribution in [0.25, 0.3) is 0 Å². The number of anilines is 1. The van der Waals surface area contributed by atoms with E-state index in [1.807, 2.05) is 19.4 Å². The lowest BCUT2D eigenvalue weighted by molar-refractivity contribution is -0.689. The molecule has 0 aliphatic rings. The maximum absolute atomic E-state index is 10.4. The number of carbonyl (C=O) groups excluding carboxylic acids is 1. The number of carbonyl (C=O) groups is 1. The van der Waals surface area contributed by atoms with Crippen molar-refractivity contribution in [2.75, 3.05) is 12.3 Å². The van der Waals surface area contributed by atoms with Gasteiger partial charge in [0.15, 0.2) is 12.2 Å². The Morgan fingerprint density at radius 2 is 1.72 bits per heavy atom. The van der Waals surface area contributed by atoms with Gasteiger partial charge in [-0.1, -0.05) is 11.3 Å². The molecule has 0 atom stereocenters. The summed E-state index contributed by atoms with van der Waals surface area (Å²) in [5.41, 5.74) is 16.6. The van der Waals surface area contributed by atoms with Crippen LogP contribution in [0.2, 0.25) is 0 Å². The minimum atomic E-state index is -1.75. The summed E-state index contributed by atoms with van der Waals surface area (Å²) in [5.74, 6) is 0.737. The number of hydrogen-bond donors (Lipinski definition) is 6. The first kappa shape index (κ1) is 36.2. The summed E-state index contributed by atoms with van der Waals surface area (Å²) in [5, 5.41) is 50.8. The number of amides is 1. The average molecular weight is 619 g/mol. The predicted molar refractivity (Wildman–Crippen MR) is 156 cm³/mol. The van der Waals surface area contributed by atoms with E-state index in [1.165, 1.54) is 17.3 Å². The van der Waals surface area contributed by atoms with Gasteiger partial charge >= 0.3 is 0 Å². The molecule has 0 aliphatic heterocycles. The smallest absolute Gasteiger partial charge is 0.250 e. The van der Waals surface area contributed by atoms with Gasteiger partial charge in [0.05, 0.1) is 40.0 Å². The molecule has 43 heavy (non-hydrogen) atoms. The fourth-order valence-corrected chi connectivity index (χ4v) is 4.26. The predicted octanol–water partition coefficient (Wildman–Crippen LogP) is 0.629. The molecular weight excluding hydrogens is 584 g/mol. The van der Waals surface area contributed by atoms with E-state index in [4.69, 9.17) is 42.1 Å². The fraction of sp³-hybridized carbons (Fsp3) is 0.308. The summed E-state index contributed by atoms with van der Waals surface area (Å²) in [7, 11) is 0.